The molecule has 11 heteroatoms. The van der Waals surface area contributed by atoms with Crippen LogP contribution in [0.5, 0.6) is 11.5 Å². The van der Waals surface area contributed by atoms with Crippen LogP contribution in [0.15, 0.2) is 73.1 Å². The summed E-state index contributed by atoms with van der Waals surface area (Å²) in [7, 11) is 0. The number of hydrogen-bond donors (Lipinski definition) is 2. The van der Waals surface area contributed by atoms with E-state index < -0.39 is 5.60 Å². The molecule has 0 saturated carbocycles. The molecule has 42 heavy (non-hydrogen) atoms. The lowest BCUT2D eigenvalue weighted by Gasteiger charge is -2.32. The van der Waals surface area contributed by atoms with E-state index in [2.05, 4.69) is 15.6 Å². The van der Waals surface area contributed by atoms with Crippen LogP contribution < -0.4 is 15.4 Å². The van der Waals surface area contributed by atoms with Crippen molar-refractivity contribution < 1.29 is 23.9 Å². The average Bonchev–Trinajstić information content (AvgIpc) is 3.29. The van der Waals surface area contributed by atoms with Gasteiger partial charge in [0.15, 0.2) is 0 Å². The van der Waals surface area contributed by atoms with E-state index in [1.54, 1.807) is 59.8 Å². The molecular formula is C31H32ClN5O5. The van der Waals surface area contributed by atoms with Gasteiger partial charge in [0.05, 0.1) is 10.5 Å². The summed E-state index contributed by atoms with van der Waals surface area (Å²) in [5, 5.41) is 6.76. The molecule has 2 aromatic heterocycles. The van der Waals surface area contributed by atoms with Gasteiger partial charge in [0.1, 0.15) is 22.9 Å². The number of anilines is 2. The molecule has 1 saturated heterocycles. The minimum absolute atomic E-state index is 0.160. The van der Waals surface area contributed by atoms with Gasteiger partial charge in [-0.1, -0.05) is 29.8 Å². The number of nitrogens with zero attached hydrogens (tertiary/aromatic N) is 3. The third-order valence-electron chi connectivity index (χ3n) is 6.71. The summed E-state index contributed by atoms with van der Waals surface area (Å²) in [5.74, 6) is 0.921. The second-order valence-electron chi connectivity index (χ2n) is 11.0. The molecular weight excluding hydrogens is 558 g/mol. The predicted octanol–water partition coefficient (Wildman–Crippen LogP) is 7.15. The van der Waals surface area contributed by atoms with Gasteiger partial charge in [-0.3, -0.25) is 9.36 Å². The molecule has 0 unspecified atom stereocenters. The van der Waals surface area contributed by atoms with Crippen LogP contribution in [0.4, 0.5) is 21.1 Å². The maximum absolute atomic E-state index is 12.9. The number of nitrogens with one attached hydrogen (secondary N) is 2. The quantitative estimate of drug-likeness (QED) is 0.255. The first kappa shape index (κ1) is 28.9. The van der Waals surface area contributed by atoms with Crippen molar-refractivity contribution in [2.45, 2.75) is 39.2 Å². The topological polar surface area (TPSA) is 115 Å². The number of amides is 3. The van der Waals surface area contributed by atoms with Crippen LogP contribution in [-0.2, 0) is 9.53 Å². The maximum Gasteiger partial charge on any atom is 0.410 e. The van der Waals surface area contributed by atoms with E-state index in [1.165, 1.54) is 4.57 Å². The lowest BCUT2D eigenvalue weighted by atomic mass is 9.96. The fraction of sp³-hybridized carbons (Fsp3) is 0.290. The largest absolute Gasteiger partial charge is 0.457 e. The number of halogens is 1. The van der Waals surface area contributed by atoms with Crippen molar-refractivity contribution in [1.29, 1.82) is 0 Å². The number of ether oxygens (including phenoxy) is 2. The van der Waals surface area contributed by atoms with Crippen LogP contribution in [0.25, 0.3) is 10.9 Å². The van der Waals surface area contributed by atoms with Gasteiger partial charge in [0.2, 0.25) is 5.91 Å². The Morgan fingerprint density at radius 3 is 2.38 bits per heavy atom. The SMILES string of the molecule is CC(C)(C)OC(=O)N1CCC(C(=O)Nc2cc(Oc3ccc4c(c3)c(Cl)cn4C(=O)Nc3ccccc3)ccn2)CC1. The number of aromatic nitrogens is 2. The standard InChI is InChI=1S/C31H32ClN5O5/c1-31(2,3)42-30(40)36-15-12-20(13-16-36)28(38)35-27-18-23(11-14-33-27)41-22-9-10-26-24(17-22)25(32)19-37(26)29(39)34-21-7-5-4-6-8-21/h4-11,14,17-20H,12-13,15-16H2,1-3H3,(H,34,39)(H,33,35,38). The summed E-state index contributed by atoms with van der Waals surface area (Å²) < 4.78 is 12.9. The van der Waals surface area contributed by atoms with Crippen molar-refractivity contribution in [3.05, 3.63) is 78.1 Å². The number of likely N-dealkylation sites (tertiary alicyclic amines) is 1. The fourth-order valence-corrected chi connectivity index (χ4v) is 4.91. The Labute approximate surface area is 248 Å². The number of piperidine rings is 1. The number of pyridine rings is 1. The number of fused-ring (bicyclic) bond motifs is 1. The molecule has 3 amide bonds. The predicted molar refractivity (Wildman–Crippen MR) is 161 cm³/mol. The number of hydrogen-bond acceptors (Lipinski definition) is 6. The van der Waals surface area contributed by atoms with Crippen molar-refractivity contribution in [3.63, 3.8) is 0 Å². The second-order valence-corrected chi connectivity index (χ2v) is 11.4. The molecule has 1 fully saturated rings. The van der Waals surface area contributed by atoms with Gasteiger partial charge in [0, 0.05) is 48.5 Å². The monoisotopic (exact) mass is 589 g/mol. The lowest BCUT2D eigenvalue weighted by molar-refractivity contribution is -0.121. The highest BCUT2D eigenvalue weighted by atomic mass is 35.5. The molecule has 1 aliphatic heterocycles. The molecule has 0 atom stereocenters. The molecule has 0 radical (unpaired) electrons. The third-order valence-corrected chi connectivity index (χ3v) is 7.01. The Kier molecular flexibility index (Phi) is 8.35. The summed E-state index contributed by atoms with van der Waals surface area (Å²) in [5.41, 5.74) is 0.736. The number of carbonyl (C=O) groups is 3. The van der Waals surface area contributed by atoms with E-state index in [9.17, 15) is 14.4 Å². The van der Waals surface area contributed by atoms with Gasteiger partial charge in [-0.25, -0.2) is 14.6 Å². The molecule has 5 rings (SSSR count). The minimum Gasteiger partial charge on any atom is -0.457 e. The Balaban J connectivity index is 1.21. The van der Waals surface area contributed by atoms with Crippen LogP contribution >= 0.6 is 11.6 Å². The van der Waals surface area contributed by atoms with Crippen LogP contribution in [0.3, 0.4) is 0 Å². The summed E-state index contributed by atoms with van der Waals surface area (Å²) in [6.07, 6.45) is 3.81. The van der Waals surface area contributed by atoms with Crippen LogP contribution in [-0.4, -0.2) is 51.2 Å². The summed E-state index contributed by atoms with van der Waals surface area (Å²) in [6.45, 7) is 6.38. The molecule has 1 aliphatic rings. The summed E-state index contributed by atoms with van der Waals surface area (Å²) in [4.78, 5) is 44.0. The zero-order chi connectivity index (χ0) is 29.9. The summed E-state index contributed by atoms with van der Waals surface area (Å²) >= 11 is 6.47. The number of rotatable bonds is 5. The Morgan fingerprint density at radius 2 is 1.67 bits per heavy atom. The number of benzene rings is 2. The number of para-hydroxylation sites is 1. The normalized spacial score (nSPS) is 14.0. The minimum atomic E-state index is -0.563. The van der Waals surface area contributed by atoms with Crippen LogP contribution in [0, 0.1) is 5.92 Å². The first-order chi connectivity index (χ1) is 20.1. The van der Waals surface area contributed by atoms with E-state index in [1.807, 2.05) is 39.0 Å². The Hall–Kier alpha value is -4.57. The van der Waals surface area contributed by atoms with Gasteiger partial charge >= 0.3 is 12.1 Å². The first-order valence-corrected chi connectivity index (χ1v) is 14.0. The molecule has 10 nitrogen and oxygen atoms in total. The van der Waals surface area contributed by atoms with Crippen LogP contribution in [0.2, 0.25) is 5.02 Å². The van der Waals surface area contributed by atoms with Crippen molar-refractivity contribution >= 4 is 52.0 Å². The molecule has 2 aromatic carbocycles. The van der Waals surface area contributed by atoms with Crippen molar-refractivity contribution in [2.75, 3.05) is 23.7 Å². The summed E-state index contributed by atoms with van der Waals surface area (Å²) in [6, 6.07) is 17.4. The van der Waals surface area contributed by atoms with E-state index in [-0.39, 0.29) is 23.9 Å². The van der Waals surface area contributed by atoms with E-state index in [0.29, 0.717) is 64.9 Å². The highest BCUT2D eigenvalue weighted by Gasteiger charge is 2.30. The molecule has 0 bridgehead atoms. The highest BCUT2D eigenvalue weighted by Crippen LogP contribution is 2.32. The highest BCUT2D eigenvalue weighted by molar-refractivity contribution is 6.36. The van der Waals surface area contributed by atoms with Gasteiger partial charge in [-0.05, 0) is 70.0 Å². The third kappa shape index (κ3) is 7.01. The lowest BCUT2D eigenvalue weighted by Crippen LogP contribution is -2.43. The van der Waals surface area contributed by atoms with E-state index >= 15 is 0 Å². The average molecular weight is 590 g/mol. The van der Waals surface area contributed by atoms with Gasteiger partial charge in [0.25, 0.3) is 0 Å². The Bertz CT molecular complexity index is 1610. The molecule has 3 heterocycles. The zero-order valence-corrected chi connectivity index (χ0v) is 24.4. The van der Waals surface area contributed by atoms with Crippen LogP contribution in [0.1, 0.15) is 33.6 Å². The molecule has 4 aromatic rings. The first-order valence-electron chi connectivity index (χ1n) is 13.7. The smallest absolute Gasteiger partial charge is 0.410 e. The molecule has 2 N–H and O–H groups in total. The van der Waals surface area contributed by atoms with Crippen molar-refractivity contribution in [1.82, 2.24) is 14.5 Å². The van der Waals surface area contributed by atoms with Gasteiger partial charge in [-0.15, -0.1) is 0 Å². The fourth-order valence-electron chi connectivity index (χ4n) is 4.66. The van der Waals surface area contributed by atoms with E-state index in [0.717, 1.165) is 0 Å². The van der Waals surface area contributed by atoms with Crippen molar-refractivity contribution in [2.24, 2.45) is 5.92 Å². The zero-order valence-electron chi connectivity index (χ0n) is 23.6. The second kappa shape index (κ2) is 12.1. The molecule has 0 aliphatic carbocycles. The molecule has 0 spiro atoms. The van der Waals surface area contributed by atoms with Gasteiger partial charge < -0.3 is 25.0 Å². The number of carbonyl (C=O) groups excluding carboxylic acids is 3. The van der Waals surface area contributed by atoms with Crippen molar-refractivity contribution in [3.8, 4) is 11.5 Å². The van der Waals surface area contributed by atoms with Gasteiger partial charge in [-0.2, -0.15) is 0 Å². The maximum atomic E-state index is 12.9. The Morgan fingerprint density at radius 1 is 0.952 bits per heavy atom. The van der Waals surface area contributed by atoms with E-state index in [4.69, 9.17) is 21.1 Å². The molecule has 218 valence electrons.